The maximum Gasteiger partial charge on any atom is 0.335 e. The maximum atomic E-state index is 11.7. The topological polar surface area (TPSA) is 104 Å². The second kappa shape index (κ2) is 3.85. The third-order valence-corrected chi connectivity index (χ3v) is 4.37. The first-order valence-corrected chi connectivity index (χ1v) is 6.42. The van der Waals surface area contributed by atoms with Gasteiger partial charge in [0, 0.05) is 12.0 Å². The van der Waals surface area contributed by atoms with Gasteiger partial charge < -0.3 is 10.3 Å². The smallest absolute Gasteiger partial charge is 0.335 e. The highest BCUT2D eigenvalue weighted by molar-refractivity contribution is 7.91. The van der Waals surface area contributed by atoms with E-state index in [0.29, 0.717) is 0 Å². The number of hydrogen-bond acceptors (Lipinski definition) is 5. The predicted molar refractivity (Wildman–Crippen MR) is 58.4 cm³/mol. The molecule has 0 aromatic heterocycles. The minimum Gasteiger partial charge on any atom is -0.478 e. The number of nitrogens with zero attached hydrogens (tertiary/aromatic N) is 1. The SMILES string of the molecule is O=C(O)c1ccc2c(c1)C(=NO)CCS2(=O)=O. The second-order valence-electron chi connectivity index (χ2n) is 3.63. The lowest BCUT2D eigenvalue weighted by Crippen LogP contribution is -2.22. The van der Waals surface area contributed by atoms with Gasteiger partial charge in [-0.2, -0.15) is 0 Å². The van der Waals surface area contributed by atoms with Crippen LogP contribution in [0.2, 0.25) is 0 Å². The van der Waals surface area contributed by atoms with Gasteiger partial charge in [-0.05, 0) is 18.2 Å². The molecule has 7 heteroatoms. The number of carbonyl (C=O) groups is 1. The average molecular weight is 255 g/mol. The molecule has 0 bridgehead atoms. The zero-order valence-electron chi connectivity index (χ0n) is 8.62. The first kappa shape index (κ1) is 11.6. The Bertz CT molecular complexity index is 618. The van der Waals surface area contributed by atoms with E-state index in [1.165, 1.54) is 18.2 Å². The molecule has 1 aliphatic heterocycles. The van der Waals surface area contributed by atoms with Crippen molar-refractivity contribution < 1.29 is 23.5 Å². The standard InChI is InChI=1S/C10H9NO5S/c12-10(13)6-1-2-9-7(5-6)8(11-14)3-4-17(9,15)16/h1-2,5,14H,3-4H2,(H,12,13). The Labute approximate surface area is 97.1 Å². The van der Waals surface area contributed by atoms with E-state index >= 15 is 0 Å². The van der Waals surface area contributed by atoms with E-state index in [9.17, 15) is 13.2 Å². The van der Waals surface area contributed by atoms with Crippen LogP contribution in [0.3, 0.4) is 0 Å². The quantitative estimate of drug-likeness (QED) is 0.569. The molecule has 90 valence electrons. The van der Waals surface area contributed by atoms with Crippen molar-refractivity contribution in [2.45, 2.75) is 11.3 Å². The van der Waals surface area contributed by atoms with Crippen LogP contribution in [0.25, 0.3) is 0 Å². The molecular formula is C10H9NO5S. The summed E-state index contributed by atoms with van der Waals surface area (Å²) in [6.07, 6.45) is 0.0783. The molecule has 1 aromatic carbocycles. The van der Waals surface area contributed by atoms with Gasteiger partial charge in [-0.15, -0.1) is 0 Å². The van der Waals surface area contributed by atoms with Crippen molar-refractivity contribution in [3.8, 4) is 0 Å². The highest BCUT2D eigenvalue weighted by atomic mass is 32.2. The molecule has 2 N–H and O–H groups in total. The van der Waals surface area contributed by atoms with Crippen molar-refractivity contribution in [1.29, 1.82) is 0 Å². The third-order valence-electron chi connectivity index (χ3n) is 2.60. The van der Waals surface area contributed by atoms with Crippen LogP contribution in [0, 0.1) is 0 Å². The molecule has 0 saturated carbocycles. The number of carboxylic acids is 1. The first-order valence-electron chi connectivity index (χ1n) is 4.77. The number of hydrogen-bond donors (Lipinski definition) is 2. The summed E-state index contributed by atoms with van der Waals surface area (Å²) < 4.78 is 23.5. The van der Waals surface area contributed by atoms with Gasteiger partial charge in [-0.25, -0.2) is 13.2 Å². The van der Waals surface area contributed by atoms with Gasteiger partial charge in [0.1, 0.15) is 0 Å². The third kappa shape index (κ3) is 1.89. The lowest BCUT2D eigenvalue weighted by Gasteiger charge is -2.17. The number of carboxylic acid groups (broad SMARTS) is 1. The van der Waals surface area contributed by atoms with Crippen LogP contribution in [0.4, 0.5) is 0 Å². The molecule has 17 heavy (non-hydrogen) atoms. The molecule has 1 heterocycles. The van der Waals surface area contributed by atoms with Crippen LogP contribution in [0.1, 0.15) is 22.3 Å². The molecule has 2 rings (SSSR count). The van der Waals surface area contributed by atoms with Gasteiger partial charge in [0.05, 0.1) is 21.9 Å². The highest BCUT2D eigenvalue weighted by Crippen LogP contribution is 2.26. The summed E-state index contributed by atoms with van der Waals surface area (Å²) in [5.41, 5.74) is 0.318. The highest BCUT2D eigenvalue weighted by Gasteiger charge is 2.28. The van der Waals surface area contributed by atoms with E-state index in [1.54, 1.807) is 0 Å². The Hall–Kier alpha value is -1.89. The van der Waals surface area contributed by atoms with Crippen molar-refractivity contribution in [2.24, 2.45) is 5.16 Å². The summed E-state index contributed by atoms with van der Waals surface area (Å²) in [5.74, 6) is -1.29. The lowest BCUT2D eigenvalue weighted by atomic mass is 10.0. The van der Waals surface area contributed by atoms with E-state index in [2.05, 4.69) is 5.16 Å². The molecule has 0 aliphatic carbocycles. The molecule has 1 aromatic rings. The maximum absolute atomic E-state index is 11.7. The number of sulfone groups is 1. The molecule has 0 spiro atoms. The Morgan fingerprint density at radius 1 is 1.35 bits per heavy atom. The van der Waals surface area contributed by atoms with Crippen molar-refractivity contribution in [2.75, 3.05) is 5.75 Å². The minimum atomic E-state index is -3.41. The Balaban J connectivity index is 2.72. The van der Waals surface area contributed by atoms with Crippen LogP contribution < -0.4 is 0 Å². The fourth-order valence-corrected chi connectivity index (χ4v) is 3.21. The summed E-state index contributed by atoms with van der Waals surface area (Å²) in [5, 5.41) is 20.6. The van der Waals surface area contributed by atoms with Gasteiger partial charge >= 0.3 is 5.97 Å². The molecule has 0 amide bonds. The van der Waals surface area contributed by atoms with Crippen molar-refractivity contribution in [3.05, 3.63) is 29.3 Å². The summed E-state index contributed by atoms with van der Waals surface area (Å²) in [7, 11) is -3.41. The van der Waals surface area contributed by atoms with Gasteiger partial charge in [0.2, 0.25) is 0 Å². The molecular weight excluding hydrogens is 246 g/mol. The normalized spacial score (nSPS) is 19.9. The number of rotatable bonds is 1. The fraction of sp³-hybridized carbons (Fsp3) is 0.200. The summed E-state index contributed by atoms with van der Waals surface area (Å²) in [6.45, 7) is 0. The molecule has 6 nitrogen and oxygen atoms in total. The first-order chi connectivity index (χ1) is 7.95. The number of oxime groups is 1. The number of fused-ring (bicyclic) bond motifs is 1. The van der Waals surface area contributed by atoms with Gasteiger partial charge in [-0.3, -0.25) is 0 Å². The summed E-state index contributed by atoms with van der Waals surface area (Å²) >= 11 is 0. The summed E-state index contributed by atoms with van der Waals surface area (Å²) in [6, 6.07) is 3.67. The molecule has 0 unspecified atom stereocenters. The molecule has 0 radical (unpaired) electrons. The Kier molecular flexibility index (Phi) is 2.62. The van der Waals surface area contributed by atoms with Crippen LogP contribution >= 0.6 is 0 Å². The van der Waals surface area contributed by atoms with E-state index in [-0.39, 0.29) is 33.9 Å². The fourth-order valence-electron chi connectivity index (χ4n) is 1.74. The number of aromatic carboxylic acids is 1. The minimum absolute atomic E-state index is 0.0153. The summed E-state index contributed by atoms with van der Waals surface area (Å²) in [4.78, 5) is 10.8. The van der Waals surface area contributed by atoms with Crippen molar-refractivity contribution in [3.63, 3.8) is 0 Å². The van der Waals surface area contributed by atoms with Gasteiger partial charge in [0.15, 0.2) is 9.84 Å². The van der Waals surface area contributed by atoms with Gasteiger partial charge in [-0.1, -0.05) is 5.16 Å². The predicted octanol–water partition coefficient (Wildman–Crippen LogP) is 0.741. The zero-order chi connectivity index (χ0) is 12.6. The monoisotopic (exact) mass is 255 g/mol. The molecule has 1 aliphatic rings. The van der Waals surface area contributed by atoms with Crippen molar-refractivity contribution >= 4 is 21.5 Å². The Morgan fingerprint density at radius 3 is 2.65 bits per heavy atom. The second-order valence-corrected chi connectivity index (χ2v) is 5.71. The van der Waals surface area contributed by atoms with Crippen LogP contribution in [-0.4, -0.2) is 36.2 Å². The zero-order valence-corrected chi connectivity index (χ0v) is 9.44. The van der Waals surface area contributed by atoms with Crippen LogP contribution in [-0.2, 0) is 9.84 Å². The molecule has 0 fully saturated rings. The van der Waals surface area contributed by atoms with E-state index in [1.807, 2.05) is 0 Å². The van der Waals surface area contributed by atoms with Crippen LogP contribution in [0.5, 0.6) is 0 Å². The molecule has 0 atom stereocenters. The average Bonchev–Trinajstić information content (AvgIpc) is 2.28. The number of benzene rings is 1. The van der Waals surface area contributed by atoms with E-state index in [4.69, 9.17) is 10.3 Å². The van der Waals surface area contributed by atoms with E-state index < -0.39 is 15.8 Å². The van der Waals surface area contributed by atoms with Crippen LogP contribution in [0.15, 0.2) is 28.3 Å². The van der Waals surface area contributed by atoms with E-state index in [0.717, 1.165) is 0 Å². The molecule has 0 saturated heterocycles. The van der Waals surface area contributed by atoms with Gasteiger partial charge in [0.25, 0.3) is 0 Å². The lowest BCUT2D eigenvalue weighted by molar-refractivity contribution is 0.0696. The Morgan fingerprint density at radius 2 is 2.06 bits per heavy atom. The van der Waals surface area contributed by atoms with Crippen molar-refractivity contribution in [1.82, 2.24) is 0 Å². The largest absolute Gasteiger partial charge is 0.478 e.